The fourth-order valence-corrected chi connectivity index (χ4v) is 2.79. The lowest BCUT2D eigenvalue weighted by atomic mass is 9.95. The first kappa shape index (κ1) is 14.3. The Bertz CT molecular complexity index is 524. The monoisotopic (exact) mass is 346 g/mol. The molecule has 2 atom stereocenters. The largest absolute Gasteiger partial charge is 0.481 e. The van der Waals surface area contributed by atoms with Gasteiger partial charge in [0.15, 0.2) is 5.15 Å². The van der Waals surface area contributed by atoms with Gasteiger partial charge in [0.2, 0.25) is 5.91 Å². The topological polar surface area (TPSA) is 79.3 Å². The molecule has 2 rings (SSSR count). The summed E-state index contributed by atoms with van der Waals surface area (Å²) in [5.74, 6) is -2.35. The minimum absolute atomic E-state index is 0.182. The summed E-state index contributed by atoms with van der Waals surface area (Å²) in [6, 6.07) is 1.64. The first-order valence-electron chi connectivity index (χ1n) is 5.83. The van der Waals surface area contributed by atoms with Gasteiger partial charge in [-0.3, -0.25) is 9.59 Å². The Hall–Kier alpha value is -1.14. The van der Waals surface area contributed by atoms with E-state index >= 15 is 0 Å². The summed E-state index contributed by atoms with van der Waals surface area (Å²) < 4.78 is 0.688. The van der Waals surface area contributed by atoms with Gasteiger partial charge < -0.3 is 10.4 Å². The Morgan fingerprint density at radius 1 is 1.42 bits per heavy atom. The van der Waals surface area contributed by atoms with Crippen molar-refractivity contribution in [3.05, 3.63) is 21.9 Å². The molecule has 0 spiro atoms. The van der Waals surface area contributed by atoms with Crippen molar-refractivity contribution in [3.8, 4) is 0 Å². The van der Waals surface area contributed by atoms with Gasteiger partial charge in [-0.1, -0.05) is 18.0 Å². The Labute approximate surface area is 123 Å². The molecule has 0 bridgehead atoms. The summed E-state index contributed by atoms with van der Waals surface area (Å²) in [5.41, 5.74) is 0.386. The zero-order valence-electron chi connectivity index (χ0n) is 9.90. The van der Waals surface area contributed by atoms with Gasteiger partial charge >= 0.3 is 5.97 Å². The van der Waals surface area contributed by atoms with Gasteiger partial charge in [-0.05, 0) is 34.8 Å². The van der Waals surface area contributed by atoms with Crippen LogP contribution in [-0.4, -0.2) is 22.0 Å². The van der Waals surface area contributed by atoms with E-state index < -0.39 is 17.8 Å². The number of carbonyl (C=O) groups excluding carboxylic acids is 1. The smallest absolute Gasteiger partial charge is 0.307 e. The maximum atomic E-state index is 12.1. The van der Waals surface area contributed by atoms with Crippen molar-refractivity contribution in [1.29, 1.82) is 0 Å². The van der Waals surface area contributed by atoms with Crippen LogP contribution in [0, 0.1) is 11.8 Å². The maximum absolute atomic E-state index is 12.1. The number of aromatic nitrogens is 1. The van der Waals surface area contributed by atoms with E-state index in [1.54, 1.807) is 6.07 Å². The van der Waals surface area contributed by atoms with Gasteiger partial charge in [0.1, 0.15) is 0 Å². The van der Waals surface area contributed by atoms with Crippen LogP contribution >= 0.6 is 27.5 Å². The fraction of sp³-hybridized carbons (Fsp3) is 0.417. The molecule has 0 aromatic carbocycles. The summed E-state index contributed by atoms with van der Waals surface area (Å²) in [6.45, 7) is 0. The van der Waals surface area contributed by atoms with Crippen LogP contribution in [0.2, 0.25) is 5.15 Å². The highest BCUT2D eigenvalue weighted by molar-refractivity contribution is 9.10. The predicted molar refractivity (Wildman–Crippen MR) is 74.0 cm³/mol. The molecule has 1 aliphatic rings. The number of hydrogen-bond donors (Lipinski definition) is 2. The minimum atomic E-state index is -0.920. The molecule has 1 amide bonds. The van der Waals surface area contributed by atoms with Crippen molar-refractivity contribution in [1.82, 2.24) is 4.98 Å². The molecule has 1 aromatic rings. The fourth-order valence-electron chi connectivity index (χ4n) is 2.31. The Morgan fingerprint density at radius 2 is 2.11 bits per heavy atom. The second-order valence-corrected chi connectivity index (χ2v) is 5.74. The number of aliphatic carboxylic acids is 1. The first-order valence-corrected chi connectivity index (χ1v) is 7.01. The Kier molecular flexibility index (Phi) is 4.42. The number of anilines is 1. The SMILES string of the molecule is O=C(O)C1CCCC1C(=O)Nc1cc(Br)cnc1Cl. The number of nitrogens with one attached hydrogen (secondary N) is 1. The van der Waals surface area contributed by atoms with Crippen LogP contribution in [0.1, 0.15) is 19.3 Å². The zero-order valence-corrected chi connectivity index (χ0v) is 12.2. The molecule has 1 aromatic heterocycles. The third-order valence-electron chi connectivity index (χ3n) is 3.23. The van der Waals surface area contributed by atoms with Crippen molar-refractivity contribution in [2.45, 2.75) is 19.3 Å². The van der Waals surface area contributed by atoms with Crippen molar-refractivity contribution in [3.63, 3.8) is 0 Å². The number of carboxylic acids is 1. The van der Waals surface area contributed by atoms with E-state index in [4.69, 9.17) is 16.7 Å². The highest BCUT2D eigenvalue weighted by atomic mass is 79.9. The van der Waals surface area contributed by atoms with E-state index in [-0.39, 0.29) is 11.1 Å². The summed E-state index contributed by atoms with van der Waals surface area (Å²) >= 11 is 9.12. The lowest BCUT2D eigenvalue weighted by Crippen LogP contribution is -2.30. The number of hydrogen-bond acceptors (Lipinski definition) is 3. The molecule has 0 radical (unpaired) electrons. The van der Waals surface area contributed by atoms with Gasteiger partial charge in [-0.2, -0.15) is 0 Å². The second kappa shape index (κ2) is 5.88. The van der Waals surface area contributed by atoms with Gasteiger partial charge in [0.05, 0.1) is 17.5 Å². The third-order valence-corrected chi connectivity index (χ3v) is 3.97. The van der Waals surface area contributed by atoms with Gasteiger partial charge in [0, 0.05) is 10.7 Å². The van der Waals surface area contributed by atoms with Crippen molar-refractivity contribution in [2.75, 3.05) is 5.32 Å². The second-order valence-electron chi connectivity index (χ2n) is 4.46. The average Bonchev–Trinajstić information content (AvgIpc) is 2.83. The molecule has 5 nitrogen and oxygen atoms in total. The third kappa shape index (κ3) is 3.25. The van der Waals surface area contributed by atoms with Crippen LogP contribution in [0.3, 0.4) is 0 Å². The highest BCUT2D eigenvalue weighted by Gasteiger charge is 2.37. The molecule has 102 valence electrons. The van der Waals surface area contributed by atoms with Gasteiger partial charge in [-0.15, -0.1) is 0 Å². The van der Waals surface area contributed by atoms with E-state index in [1.165, 1.54) is 6.20 Å². The van der Waals surface area contributed by atoms with Gasteiger partial charge in [-0.25, -0.2) is 4.98 Å². The maximum Gasteiger partial charge on any atom is 0.307 e. The number of carbonyl (C=O) groups is 2. The van der Waals surface area contributed by atoms with Crippen LogP contribution in [0.4, 0.5) is 5.69 Å². The number of carboxylic acid groups (broad SMARTS) is 1. The molecule has 2 unspecified atom stereocenters. The Balaban J connectivity index is 2.12. The molecular weight excluding hydrogens is 336 g/mol. The van der Waals surface area contributed by atoms with E-state index in [9.17, 15) is 9.59 Å². The molecule has 1 heterocycles. The number of amides is 1. The Morgan fingerprint density at radius 3 is 2.79 bits per heavy atom. The normalized spacial score (nSPS) is 22.2. The summed E-state index contributed by atoms with van der Waals surface area (Å²) in [4.78, 5) is 27.1. The summed E-state index contributed by atoms with van der Waals surface area (Å²) in [6.07, 6.45) is 3.40. The van der Waals surface area contributed by atoms with Crippen molar-refractivity contribution < 1.29 is 14.7 Å². The average molecular weight is 348 g/mol. The van der Waals surface area contributed by atoms with Crippen LogP contribution in [0.25, 0.3) is 0 Å². The minimum Gasteiger partial charge on any atom is -0.481 e. The molecule has 1 aliphatic carbocycles. The standard InChI is InChI=1S/C12H12BrClN2O3/c13-6-4-9(10(14)15-5-6)16-11(17)7-2-1-3-8(7)12(18)19/h4-5,7-8H,1-3H2,(H,16,17)(H,18,19). The van der Waals surface area contributed by atoms with Crippen LogP contribution < -0.4 is 5.32 Å². The number of halogens is 2. The number of rotatable bonds is 3. The lowest BCUT2D eigenvalue weighted by Gasteiger charge is -2.16. The quantitative estimate of drug-likeness (QED) is 0.824. The first-order chi connectivity index (χ1) is 8.99. The molecular formula is C12H12BrClN2O3. The van der Waals surface area contributed by atoms with E-state index in [1.807, 2.05) is 0 Å². The molecule has 7 heteroatoms. The number of pyridine rings is 1. The predicted octanol–water partition coefficient (Wildman–Crippen LogP) is 2.94. The highest BCUT2D eigenvalue weighted by Crippen LogP contribution is 2.33. The van der Waals surface area contributed by atoms with Crippen molar-refractivity contribution in [2.24, 2.45) is 11.8 Å². The number of nitrogens with zero attached hydrogens (tertiary/aromatic N) is 1. The molecule has 1 saturated carbocycles. The van der Waals surface area contributed by atoms with Crippen LogP contribution in [0.15, 0.2) is 16.7 Å². The van der Waals surface area contributed by atoms with Gasteiger partial charge in [0.25, 0.3) is 0 Å². The van der Waals surface area contributed by atoms with Crippen molar-refractivity contribution >= 4 is 45.1 Å². The van der Waals surface area contributed by atoms with Crippen LogP contribution in [-0.2, 0) is 9.59 Å². The summed E-state index contributed by atoms with van der Waals surface area (Å²) in [5, 5.41) is 11.9. The lowest BCUT2D eigenvalue weighted by molar-refractivity contribution is -0.145. The van der Waals surface area contributed by atoms with Crippen LogP contribution in [0.5, 0.6) is 0 Å². The molecule has 19 heavy (non-hydrogen) atoms. The van der Waals surface area contributed by atoms with E-state index in [0.29, 0.717) is 23.0 Å². The molecule has 0 aliphatic heterocycles. The molecule has 1 fully saturated rings. The van der Waals surface area contributed by atoms with E-state index in [0.717, 1.165) is 6.42 Å². The molecule has 0 saturated heterocycles. The summed E-state index contributed by atoms with van der Waals surface area (Å²) in [7, 11) is 0. The molecule has 2 N–H and O–H groups in total. The van der Waals surface area contributed by atoms with E-state index in [2.05, 4.69) is 26.2 Å². The zero-order chi connectivity index (χ0) is 14.0.